The van der Waals surface area contributed by atoms with Gasteiger partial charge in [-0.1, -0.05) is 31.2 Å². The molecule has 1 amide bonds. The van der Waals surface area contributed by atoms with Crippen LogP contribution in [0, 0.1) is 23.2 Å². The van der Waals surface area contributed by atoms with Gasteiger partial charge in [0.05, 0.1) is 11.6 Å². The number of anilines is 1. The molecular weight excluding hydrogens is 394 g/mol. The molecule has 3 aliphatic rings. The summed E-state index contributed by atoms with van der Waals surface area (Å²) in [6, 6.07) is 17.3. The Morgan fingerprint density at radius 2 is 1.97 bits per heavy atom. The third-order valence-electron chi connectivity index (χ3n) is 7.58. The molecule has 0 unspecified atom stereocenters. The Kier molecular flexibility index (Phi) is 5.61. The molecule has 5 rings (SSSR count). The molecule has 164 valence electrons. The number of carbonyl (C=O) groups is 1. The van der Waals surface area contributed by atoms with Crippen molar-refractivity contribution in [3.05, 3.63) is 70.8 Å². The number of rotatable bonds is 4. The molecule has 3 atom stereocenters. The lowest BCUT2D eigenvalue weighted by Crippen LogP contribution is -2.50. The van der Waals surface area contributed by atoms with Gasteiger partial charge in [-0.25, -0.2) is 0 Å². The number of nitrogens with zero attached hydrogens (tertiary/aromatic N) is 2. The molecule has 2 aromatic carbocycles. The Hall–Kier alpha value is -2.90. The van der Waals surface area contributed by atoms with Crippen LogP contribution < -0.4 is 10.2 Å². The lowest BCUT2D eigenvalue weighted by Gasteiger charge is -2.46. The highest BCUT2D eigenvalue weighted by atomic mass is 16.2. The van der Waals surface area contributed by atoms with E-state index in [-0.39, 0.29) is 11.9 Å². The van der Waals surface area contributed by atoms with Gasteiger partial charge in [0, 0.05) is 25.2 Å². The van der Waals surface area contributed by atoms with Crippen LogP contribution in [0.4, 0.5) is 5.69 Å². The van der Waals surface area contributed by atoms with Gasteiger partial charge < -0.3 is 10.2 Å². The van der Waals surface area contributed by atoms with Gasteiger partial charge >= 0.3 is 0 Å². The van der Waals surface area contributed by atoms with Crippen LogP contribution in [0.2, 0.25) is 0 Å². The number of hydrogen-bond donors (Lipinski definition) is 1. The van der Waals surface area contributed by atoms with E-state index < -0.39 is 0 Å². The van der Waals surface area contributed by atoms with Crippen molar-refractivity contribution < 1.29 is 4.79 Å². The fraction of sp³-hybridized carbons (Fsp3) is 0.429. The second-order valence-electron chi connectivity index (χ2n) is 9.65. The quantitative estimate of drug-likeness (QED) is 0.746. The lowest BCUT2D eigenvalue weighted by molar-refractivity contribution is -0.117. The van der Waals surface area contributed by atoms with E-state index >= 15 is 0 Å². The first kappa shape index (κ1) is 21.0. The number of hydrogen-bond acceptors (Lipinski definition) is 3. The molecule has 1 N–H and O–H groups in total. The number of nitriles is 1. The molecule has 0 radical (unpaired) electrons. The number of benzene rings is 2. The molecule has 0 aromatic heterocycles. The first-order valence-corrected chi connectivity index (χ1v) is 11.9. The third-order valence-corrected chi connectivity index (χ3v) is 7.58. The lowest BCUT2D eigenvalue weighted by atomic mass is 9.72. The molecule has 2 heterocycles. The van der Waals surface area contributed by atoms with Crippen molar-refractivity contribution in [1.29, 1.82) is 5.26 Å². The zero-order valence-corrected chi connectivity index (χ0v) is 19.0. The van der Waals surface area contributed by atoms with E-state index in [0.717, 1.165) is 31.6 Å². The highest BCUT2D eigenvalue weighted by molar-refractivity contribution is 5.94. The minimum atomic E-state index is 0.153. The molecule has 2 aliphatic heterocycles. The summed E-state index contributed by atoms with van der Waals surface area (Å²) in [5.74, 6) is 1.49. The number of amides is 1. The number of fused-ring (bicyclic) bond motifs is 1. The second kappa shape index (κ2) is 8.56. The largest absolute Gasteiger partial charge is 0.313 e. The molecule has 0 spiro atoms. The highest BCUT2D eigenvalue weighted by Crippen LogP contribution is 2.51. The van der Waals surface area contributed by atoms with Gasteiger partial charge in [0.25, 0.3) is 0 Å². The predicted octanol–water partition coefficient (Wildman–Crippen LogP) is 5.04. The minimum absolute atomic E-state index is 0.153. The Morgan fingerprint density at radius 3 is 2.59 bits per heavy atom. The summed E-state index contributed by atoms with van der Waals surface area (Å²) in [5.41, 5.74) is 7.04. The fourth-order valence-electron chi connectivity index (χ4n) is 5.79. The van der Waals surface area contributed by atoms with Crippen molar-refractivity contribution in [3.8, 4) is 6.07 Å². The van der Waals surface area contributed by atoms with Crippen molar-refractivity contribution >= 4 is 17.2 Å². The monoisotopic (exact) mass is 425 g/mol. The molecule has 4 nitrogen and oxygen atoms in total. The van der Waals surface area contributed by atoms with Crippen molar-refractivity contribution in [2.45, 2.75) is 51.5 Å². The van der Waals surface area contributed by atoms with Gasteiger partial charge in [-0.3, -0.25) is 4.79 Å². The molecule has 32 heavy (non-hydrogen) atoms. The Labute approximate surface area is 190 Å². The average Bonchev–Trinajstić information content (AvgIpc) is 3.66. The van der Waals surface area contributed by atoms with Crippen LogP contribution in [-0.4, -0.2) is 25.0 Å². The van der Waals surface area contributed by atoms with Crippen LogP contribution in [0.1, 0.15) is 61.3 Å². The summed E-state index contributed by atoms with van der Waals surface area (Å²) in [5, 5.41) is 12.6. The molecule has 0 bridgehead atoms. The van der Waals surface area contributed by atoms with Crippen LogP contribution in [0.25, 0.3) is 5.57 Å². The van der Waals surface area contributed by atoms with E-state index in [9.17, 15) is 4.79 Å². The van der Waals surface area contributed by atoms with Crippen molar-refractivity contribution in [1.82, 2.24) is 5.32 Å². The summed E-state index contributed by atoms with van der Waals surface area (Å²) in [6.45, 7) is 5.99. The first-order chi connectivity index (χ1) is 15.6. The SMILES string of the molecule is CC(=O)N1c2ccc(C3=CCNCC3)cc2[C@H](Cc2ccc(C#N)cc2)[C@@H](C)[C@@H]1C1CC1. The van der Waals surface area contributed by atoms with E-state index in [1.165, 1.54) is 35.1 Å². The van der Waals surface area contributed by atoms with Gasteiger partial charge in [0.2, 0.25) is 5.91 Å². The van der Waals surface area contributed by atoms with Crippen molar-refractivity contribution in [2.75, 3.05) is 18.0 Å². The standard InChI is InChI=1S/C28H31N3O/c1-18-25(15-20-3-5-21(17-29)6-4-20)26-16-24(22-11-13-30-14-12-22)9-10-27(26)31(19(2)32)28(18)23-7-8-23/h3-6,9-11,16,18,23,25,28,30H,7-8,12-15H2,1-2H3/t18-,25-,28-/m1/s1. The van der Waals surface area contributed by atoms with E-state index in [1.54, 1.807) is 6.92 Å². The van der Waals surface area contributed by atoms with Crippen molar-refractivity contribution in [2.24, 2.45) is 11.8 Å². The average molecular weight is 426 g/mol. The van der Waals surface area contributed by atoms with Gasteiger partial charge in [0.1, 0.15) is 0 Å². The maximum Gasteiger partial charge on any atom is 0.224 e. The van der Waals surface area contributed by atoms with Gasteiger partial charge in [-0.2, -0.15) is 5.26 Å². The minimum Gasteiger partial charge on any atom is -0.313 e. The smallest absolute Gasteiger partial charge is 0.224 e. The van der Waals surface area contributed by atoms with Crippen LogP contribution in [0.15, 0.2) is 48.5 Å². The first-order valence-electron chi connectivity index (χ1n) is 11.9. The van der Waals surface area contributed by atoms with Gasteiger partial charge in [-0.15, -0.1) is 0 Å². The molecule has 2 aromatic rings. The van der Waals surface area contributed by atoms with E-state index in [2.05, 4.69) is 59.6 Å². The Bertz CT molecular complexity index is 1090. The van der Waals surface area contributed by atoms with Crippen LogP contribution in [-0.2, 0) is 11.2 Å². The maximum atomic E-state index is 12.8. The van der Waals surface area contributed by atoms with Crippen LogP contribution >= 0.6 is 0 Å². The molecule has 0 saturated heterocycles. The maximum absolute atomic E-state index is 12.8. The van der Waals surface area contributed by atoms with E-state index in [1.807, 2.05) is 12.1 Å². The van der Waals surface area contributed by atoms with Crippen LogP contribution in [0.3, 0.4) is 0 Å². The van der Waals surface area contributed by atoms with Gasteiger partial charge in [-0.05, 0) is 96.5 Å². The summed E-state index contributed by atoms with van der Waals surface area (Å²) in [6.07, 6.45) is 6.70. The summed E-state index contributed by atoms with van der Waals surface area (Å²) >= 11 is 0. The summed E-state index contributed by atoms with van der Waals surface area (Å²) in [4.78, 5) is 15.0. The van der Waals surface area contributed by atoms with E-state index in [0.29, 0.717) is 23.3 Å². The molecule has 1 fully saturated rings. The molecule has 4 heteroatoms. The molecule has 1 saturated carbocycles. The predicted molar refractivity (Wildman–Crippen MR) is 128 cm³/mol. The fourth-order valence-corrected chi connectivity index (χ4v) is 5.79. The third kappa shape index (κ3) is 3.87. The number of carbonyl (C=O) groups excluding carboxylic acids is 1. The summed E-state index contributed by atoms with van der Waals surface area (Å²) in [7, 11) is 0. The van der Waals surface area contributed by atoms with Crippen molar-refractivity contribution in [3.63, 3.8) is 0 Å². The zero-order chi connectivity index (χ0) is 22.2. The number of nitrogens with one attached hydrogen (secondary N) is 1. The molecule has 1 aliphatic carbocycles. The zero-order valence-electron chi connectivity index (χ0n) is 19.0. The Balaban J connectivity index is 1.59. The second-order valence-corrected chi connectivity index (χ2v) is 9.65. The normalized spacial score (nSPS) is 25.0. The molecular formula is C28H31N3O. The van der Waals surface area contributed by atoms with E-state index in [4.69, 9.17) is 5.26 Å². The Morgan fingerprint density at radius 1 is 1.19 bits per heavy atom. The topological polar surface area (TPSA) is 56.1 Å². The highest BCUT2D eigenvalue weighted by Gasteiger charge is 2.47. The van der Waals surface area contributed by atoms with Crippen LogP contribution in [0.5, 0.6) is 0 Å². The summed E-state index contributed by atoms with van der Waals surface area (Å²) < 4.78 is 0. The van der Waals surface area contributed by atoms with Gasteiger partial charge in [0.15, 0.2) is 0 Å².